The molecular weight excluding hydrogens is 465 g/mol. The molecule has 0 N–H and O–H groups in total. The molecule has 0 aromatic heterocycles. The zero-order valence-electron chi connectivity index (χ0n) is 20.5. The molecule has 3 rings (SSSR count). The standard InChI is InChI=1S/C27H30FN3O5/c1-19-5-3-6-20(2)31(19)26(33)18-35-24-13-7-21(8-14-24)27(34)36-17-25(32)30(16-4-15-29)23-11-9-22(28)10-12-23/h7-14,19-20H,3-6,16-18H2,1-2H3. The molecule has 0 spiro atoms. The van der Waals surface area contributed by atoms with Crippen molar-refractivity contribution in [2.75, 3.05) is 24.7 Å². The Labute approximate surface area is 210 Å². The molecule has 1 fully saturated rings. The Kier molecular flexibility index (Phi) is 9.39. The predicted molar refractivity (Wildman–Crippen MR) is 131 cm³/mol. The minimum absolute atomic E-state index is 0.0661. The molecule has 1 heterocycles. The quantitative estimate of drug-likeness (QED) is 0.486. The second-order valence-corrected chi connectivity index (χ2v) is 8.75. The van der Waals surface area contributed by atoms with E-state index in [2.05, 4.69) is 0 Å². The van der Waals surface area contributed by atoms with Crippen LogP contribution in [0.4, 0.5) is 10.1 Å². The molecule has 9 heteroatoms. The Morgan fingerprint density at radius 1 is 1.03 bits per heavy atom. The van der Waals surface area contributed by atoms with Crippen molar-refractivity contribution in [3.05, 3.63) is 59.9 Å². The minimum Gasteiger partial charge on any atom is -0.484 e. The van der Waals surface area contributed by atoms with Gasteiger partial charge in [0.2, 0.25) is 0 Å². The van der Waals surface area contributed by atoms with Crippen molar-refractivity contribution < 1.29 is 28.2 Å². The molecule has 2 aromatic carbocycles. The minimum atomic E-state index is -0.707. The van der Waals surface area contributed by atoms with E-state index in [-0.39, 0.29) is 43.1 Å². The maximum atomic E-state index is 13.2. The summed E-state index contributed by atoms with van der Waals surface area (Å²) in [7, 11) is 0. The van der Waals surface area contributed by atoms with Crippen LogP contribution in [0.2, 0.25) is 0 Å². The summed E-state index contributed by atoms with van der Waals surface area (Å²) in [6, 6.07) is 13.7. The molecule has 8 nitrogen and oxygen atoms in total. The van der Waals surface area contributed by atoms with E-state index in [0.717, 1.165) is 19.3 Å². The molecule has 2 amide bonds. The smallest absolute Gasteiger partial charge is 0.338 e. The number of ether oxygens (including phenoxy) is 2. The molecular formula is C27H30FN3O5. The molecule has 0 saturated carbocycles. The molecule has 1 saturated heterocycles. The first-order valence-corrected chi connectivity index (χ1v) is 11.9. The van der Waals surface area contributed by atoms with Gasteiger partial charge in [0.15, 0.2) is 13.2 Å². The highest BCUT2D eigenvalue weighted by Gasteiger charge is 2.29. The van der Waals surface area contributed by atoms with Crippen molar-refractivity contribution in [2.45, 2.75) is 51.6 Å². The average molecular weight is 496 g/mol. The van der Waals surface area contributed by atoms with Crippen molar-refractivity contribution in [1.82, 2.24) is 4.90 Å². The number of nitrogens with zero attached hydrogens (tertiary/aromatic N) is 3. The molecule has 2 unspecified atom stereocenters. The van der Waals surface area contributed by atoms with Crippen LogP contribution in [0.1, 0.15) is 49.9 Å². The zero-order chi connectivity index (χ0) is 26.1. The van der Waals surface area contributed by atoms with Gasteiger partial charge in [-0.3, -0.25) is 9.59 Å². The zero-order valence-corrected chi connectivity index (χ0v) is 20.5. The molecule has 1 aliphatic rings. The fourth-order valence-electron chi connectivity index (χ4n) is 4.29. The number of carbonyl (C=O) groups is 3. The molecule has 190 valence electrons. The molecule has 0 aliphatic carbocycles. The molecule has 2 atom stereocenters. The van der Waals surface area contributed by atoms with Crippen LogP contribution >= 0.6 is 0 Å². The Morgan fingerprint density at radius 2 is 1.67 bits per heavy atom. The van der Waals surface area contributed by atoms with Gasteiger partial charge in [-0.1, -0.05) is 0 Å². The first-order valence-electron chi connectivity index (χ1n) is 11.9. The highest BCUT2D eigenvalue weighted by atomic mass is 19.1. The van der Waals surface area contributed by atoms with Gasteiger partial charge < -0.3 is 19.3 Å². The van der Waals surface area contributed by atoms with Gasteiger partial charge in [0.1, 0.15) is 11.6 Å². The number of amides is 2. The van der Waals surface area contributed by atoms with Crippen LogP contribution in [0.15, 0.2) is 48.5 Å². The Bertz CT molecular complexity index is 1090. The second-order valence-electron chi connectivity index (χ2n) is 8.75. The lowest BCUT2D eigenvalue weighted by atomic mass is 9.97. The van der Waals surface area contributed by atoms with Gasteiger partial charge in [-0.15, -0.1) is 0 Å². The lowest BCUT2D eigenvalue weighted by Crippen LogP contribution is -2.49. The highest BCUT2D eigenvalue weighted by molar-refractivity contribution is 5.97. The SMILES string of the molecule is CC1CCCC(C)N1C(=O)COc1ccc(C(=O)OCC(=O)N(CCC#N)c2ccc(F)cc2)cc1. The first kappa shape index (κ1) is 26.7. The monoisotopic (exact) mass is 495 g/mol. The summed E-state index contributed by atoms with van der Waals surface area (Å²) in [5, 5.41) is 8.87. The van der Waals surface area contributed by atoms with Crippen molar-refractivity contribution >= 4 is 23.5 Å². The van der Waals surface area contributed by atoms with E-state index in [0.29, 0.717) is 11.4 Å². The number of carbonyl (C=O) groups excluding carboxylic acids is 3. The van der Waals surface area contributed by atoms with Crippen LogP contribution in [0.5, 0.6) is 5.75 Å². The average Bonchev–Trinajstić information content (AvgIpc) is 2.87. The second kappa shape index (κ2) is 12.7. The van der Waals surface area contributed by atoms with Crippen molar-refractivity contribution in [1.29, 1.82) is 5.26 Å². The topological polar surface area (TPSA) is 99.9 Å². The first-order chi connectivity index (χ1) is 17.3. The predicted octanol–water partition coefficient (Wildman–Crippen LogP) is 4.10. The third-order valence-electron chi connectivity index (χ3n) is 6.15. The number of rotatable bonds is 9. The van der Waals surface area contributed by atoms with Crippen molar-refractivity contribution in [2.24, 2.45) is 0 Å². The molecule has 0 radical (unpaired) electrons. The fourth-order valence-corrected chi connectivity index (χ4v) is 4.29. The number of benzene rings is 2. The Hall–Kier alpha value is -3.93. The number of halogens is 1. The highest BCUT2D eigenvalue weighted by Crippen LogP contribution is 2.23. The maximum absolute atomic E-state index is 13.2. The van der Waals surface area contributed by atoms with Crippen LogP contribution in [-0.2, 0) is 14.3 Å². The summed E-state index contributed by atoms with van der Waals surface area (Å²) in [5.41, 5.74) is 0.613. The van der Waals surface area contributed by atoms with E-state index >= 15 is 0 Å². The van der Waals surface area contributed by atoms with E-state index in [4.69, 9.17) is 14.7 Å². The van der Waals surface area contributed by atoms with Gasteiger partial charge in [-0.25, -0.2) is 9.18 Å². The van der Waals surface area contributed by atoms with Crippen molar-refractivity contribution in [3.8, 4) is 11.8 Å². The van der Waals surface area contributed by atoms with Crippen LogP contribution < -0.4 is 9.64 Å². The number of likely N-dealkylation sites (tertiary alicyclic amines) is 1. The molecule has 2 aromatic rings. The molecule has 1 aliphatic heterocycles. The van der Waals surface area contributed by atoms with Crippen LogP contribution in [0, 0.1) is 17.1 Å². The number of hydrogen-bond acceptors (Lipinski definition) is 6. The lowest BCUT2D eigenvalue weighted by molar-refractivity contribution is -0.139. The molecule has 36 heavy (non-hydrogen) atoms. The van der Waals surface area contributed by atoms with Gasteiger partial charge in [0.25, 0.3) is 11.8 Å². The fraction of sp³-hybridized carbons (Fsp3) is 0.407. The maximum Gasteiger partial charge on any atom is 0.338 e. The van der Waals surface area contributed by atoms with Crippen LogP contribution in [0.3, 0.4) is 0 Å². The van der Waals surface area contributed by atoms with E-state index < -0.39 is 24.3 Å². The van der Waals surface area contributed by atoms with E-state index in [1.54, 1.807) is 12.1 Å². The van der Waals surface area contributed by atoms with E-state index in [9.17, 15) is 18.8 Å². The summed E-state index contributed by atoms with van der Waals surface area (Å²) in [5.74, 6) is -1.33. The Balaban J connectivity index is 1.52. The lowest BCUT2D eigenvalue weighted by Gasteiger charge is -2.38. The van der Waals surface area contributed by atoms with Gasteiger partial charge in [-0.05, 0) is 81.6 Å². The third kappa shape index (κ3) is 7.04. The van der Waals surface area contributed by atoms with Gasteiger partial charge in [0.05, 0.1) is 18.1 Å². The van der Waals surface area contributed by atoms with Gasteiger partial charge in [-0.2, -0.15) is 5.26 Å². The van der Waals surface area contributed by atoms with E-state index in [1.165, 1.54) is 41.3 Å². The third-order valence-corrected chi connectivity index (χ3v) is 6.15. The number of esters is 1. The van der Waals surface area contributed by atoms with E-state index in [1.807, 2.05) is 24.8 Å². The summed E-state index contributed by atoms with van der Waals surface area (Å²) in [6.07, 6.45) is 3.14. The summed E-state index contributed by atoms with van der Waals surface area (Å²) in [6.45, 7) is 3.54. The largest absolute Gasteiger partial charge is 0.484 e. The Morgan fingerprint density at radius 3 is 2.28 bits per heavy atom. The summed E-state index contributed by atoms with van der Waals surface area (Å²) in [4.78, 5) is 40.8. The summed E-state index contributed by atoms with van der Waals surface area (Å²) >= 11 is 0. The number of hydrogen-bond donors (Lipinski definition) is 0. The number of piperidine rings is 1. The van der Waals surface area contributed by atoms with Crippen LogP contribution in [-0.4, -0.2) is 54.5 Å². The number of nitriles is 1. The van der Waals surface area contributed by atoms with Crippen molar-refractivity contribution in [3.63, 3.8) is 0 Å². The molecule has 0 bridgehead atoms. The van der Waals surface area contributed by atoms with Gasteiger partial charge >= 0.3 is 5.97 Å². The summed E-state index contributed by atoms with van der Waals surface area (Å²) < 4.78 is 24.0. The normalized spacial score (nSPS) is 17.1. The van der Waals surface area contributed by atoms with Gasteiger partial charge in [0, 0.05) is 24.3 Å². The number of anilines is 1. The van der Waals surface area contributed by atoms with Crippen LogP contribution in [0.25, 0.3) is 0 Å².